The molecule has 0 fully saturated rings. The van der Waals surface area contributed by atoms with Crippen molar-refractivity contribution in [2.75, 3.05) is 5.32 Å². The van der Waals surface area contributed by atoms with E-state index in [2.05, 4.69) is 21.2 Å². The fourth-order valence-electron chi connectivity index (χ4n) is 2.05. The lowest BCUT2D eigenvalue weighted by atomic mass is 10.1. The number of amides is 1. The van der Waals surface area contributed by atoms with Crippen molar-refractivity contribution < 1.29 is 4.79 Å². The van der Waals surface area contributed by atoms with E-state index in [1.54, 1.807) is 0 Å². The van der Waals surface area contributed by atoms with Gasteiger partial charge >= 0.3 is 0 Å². The highest BCUT2D eigenvalue weighted by Crippen LogP contribution is 2.20. The van der Waals surface area contributed by atoms with Gasteiger partial charge in [0.2, 0.25) is 5.91 Å². The number of nitrogens with one attached hydrogen (secondary N) is 1. The second-order valence-electron chi connectivity index (χ2n) is 4.99. The molecule has 4 heteroatoms. The molecule has 0 spiro atoms. The van der Waals surface area contributed by atoms with Crippen molar-refractivity contribution >= 4 is 39.1 Å². The first-order valence-corrected chi connectivity index (χ1v) is 8.02. The van der Waals surface area contributed by atoms with Gasteiger partial charge in [-0.3, -0.25) is 4.79 Å². The van der Waals surface area contributed by atoms with Crippen molar-refractivity contribution in [1.29, 1.82) is 0 Å². The normalized spacial score (nSPS) is 10.4. The molecule has 0 bridgehead atoms. The molecule has 1 N–H and O–H groups in total. The Hall–Kier alpha value is -1.32. The molecule has 1 amide bonds. The molecule has 0 atom stereocenters. The summed E-state index contributed by atoms with van der Waals surface area (Å²) in [5.74, 6) is 0.0469. The number of carbonyl (C=O) groups is 1. The molecular formula is C17H17BrClNO. The Bertz CT molecular complexity index is 625. The molecule has 0 aliphatic heterocycles. The average Bonchev–Trinajstić information content (AvgIpc) is 2.45. The van der Waals surface area contributed by atoms with Crippen LogP contribution in [0.2, 0.25) is 5.02 Å². The van der Waals surface area contributed by atoms with E-state index in [0.717, 1.165) is 33.6 Å². The van der Waals surface area contributed by atoms with E-state index in [4.69, 9.17) is 11.6 Å². The molecule has 0 radical (unpaired) electrons. The SMILES string of the molecule is Cc1cc(NC(=O)CCCc2ccc(Cl)cc2)ccc1Br. The Balaban J connectivity index is 1.79. The molecule has 2 aromatic rings. The van der Waals surface area contributed by atoms with Gasteiger partial charge in [-0.2, -0.15) is 0 Å². The Morgan fingerprint density at radius 2 is 1.90 bits per heavy atom. The lowest BCUT2D eigenvalue weighted by molar-refractivity contribution is -0.116. The van der Waals surface area contributed by atoms with Crippen molar-refractivity contribution in [3.8, 4) is 0 Å². The van der Waals surface area contributed by atoms with Gasteiger partial charge in [-0.25, -0.2) is 0 Å². The maximum Gasteiger partial charge on any atom is 0.224 e. The zero-order valence-electron chi connectivity index (χ0n) is 11.8. The number of hydrogen-bond acceptors (Lipinski definition) is 1. The molecule has 0 unspecified atom stereocenters. The minimum absolute atomic E-state index is 0.0469. The van der Waals surface area contributed by atoms with E-state index in [9.17, 15) is 4.79 Å². The van der Waals surface area contributed by atoms with Crippen LogP contribution in [0.15, 0.2) is 46.9 Å². The number of halogens is 2. The van der Waals surface area contributed by atoms with Crippen LogP contribution in [0.3, 0.4) is 0 Å². The molecule has 21 heavy (non-hydrogen) atoms. The first kappa shape index (κ1) is 16.1. The van der Waals surface area contributed by atoms with Crippen LogP contribution in [-0.2, 0) is 11.2 Å². The third-order valence-corrected chi connectivity index (χ3v) is 4.37. The van der Waals surface area contributed by atoms with Crippen LogP contribution in [0, 0.1) is 6.92 Å². The predicted molar refractivity (Wildman–Crippen MR) is 91.9 cm³/mol. The predicted octanol–water partition coefficient (Wildman–Crippen LogP) is 5.37. The number of hydrogen-bond donors (Lipinski definition) is 1. The summed E-state index contributed by atoms with van der Waals surface area (Å²) in [7, 11) is 0. The first-order valence-electron chi connectivity index (χ1n) is 6.85. The highest BCUT2D eigenvalue weighted by Gasteiger charge is 2.04. The zero-order chi connectivity index (χ0) is 15.2. The van der Waals surface area contributed by atoms with Gasteiger partial charge in [0.05, 0.1) is 0 Å². The summed E-state index contributed by atoms with van der Waals surface area (Å²) in [5.41, 5.74) is 3.15. The fraction of sp³-hybridized carbons (Fsp3) is 0.235. The Labute approximate surface area is 138 Å². The average molecular weight is 367 g/mol. The van der Waals surface area contributed by atoms with Crippen molar-refractivity contribution in [3.63, 3.8) is 0 Å². The molecule has 0 aliphatic rings. The van der Waals surface area contributed by atoms with E-state index in [1.807, 2.05) is 49.4 Å². The lowest BCUT2D eigenvalue weighted by Crippen LogP contribution is -2.11. The van der Waals surface area contributed by atoms with Crippen LogP contribution >= 0.6 is 27.5 Å². The topological polar surface area (TPSA) is 29.1 Å². The van der Waals surface area contributed by atoms with Crippen LogP contribution in [0.25, 0.3) is 0 Å². The molecule has 0 aromatic heterocycles. The van der Waals surface area contributed by atoms with Gasteiger partial charge in [0, 0.05) is 21.6 Å². The van der Waals surface area contributed by atoms with Crippen LogP contribution in [0.5, 0.6) is 0 Å². The van der Waals surface area contributed by atoms with Crippen LogP contribution in [0.4, 0.5) is 5.69 Å². The van der Waals surface area contributed by atoms with Gasteiger partial charge in [-0.1, -0.05) is 39.7 Å². The number of rotatable bonds is 5. The highest BCUT2D eigenvalue weighted by atomic mass is 79.9. The summed E-state index contributed by atoms with van der Waals surface area (Å²) in [6.07, 6.45) is 2.21. The van der Waals surface area contributed by atoms with Gasteiger partial charge in [0.25, 0.3) is 0 Å². The molecule has 2 rings (SSSR count). The van der Waals surface area contributed by atoms with Crippen molar-refractivity contribution in [2.24, 2.45) is 0 Å². The molecule has 2 aromatic carbocycles. The van der Waals surface area contributed by atoms with Gasteiger partial charge < -0.3 is 5.32 Å². The number of benzene rings is 2. The Kier molecular flexibility index (Phi) is 5.83. The van der Waals surface area contributed by atoms with Gasteiger partial charge in [0.1, 0.15) is 0 Å². The van der Waals surface area contributed by atoms with Gasteiger partial charge in [-0.05, 0) is 61.2 Å². The van der Waals surface area contributed by atoms with Crippen molar-refractivity contribution in [3.05, 3.63) is 63.1 Å². The molecule has 2 nitrogen and oxygen atoms in total. The second-order valence-corrected chi connectivity index (χ2v) is 6.28. The van der Waals surface area contributed by atoms with Crippen LogP contribution in [0.1, 0.15) is 24.0 Å². The maximum atomic E-state index is 11.9. The quantitative estimate of drug-likeness (QED) is 0.757. The molecule has 0 aliphatic carbocycles. The number of anilines is 1. The van der Waals surface area contributed by atoms with E-state index in [0.29, 0.717) is 6.42 Å². The fourth-order valence-corrected chi connectivity index (χ4v) is 2.42. The second kappa shape index (κ2) is 7.62. The minimum atomic E-state index is 0.0469. The molecule has 0 heterocycles. The third kappa shape index (κ3) is 5.18. The lowest BCUT2D eigenvalue weighted by Gasteiger charge is -2.07. The smallest absolute Gasteiger partial charge is 0.224 e. The Morgan fingerprint density at radius 1 is 1.19 bits per heavy atom. The highest BCUT2D eigenvalue weighted by molar-refractivity contribution is 9.10. The first-order chi connectivity index (χ1) is 10.0. The summed E-state index contributed by atoms with van der Waals surface area (Å²) >= 11 is 9.29. The van der Waals surface area contributed by atoms with E-state index >= 15 is 0 Å². The Morgan fingerprint density at radius 3 is 2.57 bits per heavy atom. The van der Waals surface area contributed by atoms with E-state index in [-0.39, 0.29) is 5.91 Å². The van der Waals surface area contributed by atoms with E-state index in [1.165, 1.54) is 5.56 Å². The van der Waals surface area contributed by atoms with Crippen LogP contribution in [-0.4, -0.2) is 5.91 Å². The van der Waals surface area contributed by atoms with Crippen molar-refractivity contribution in [2.45, 2.75) is 26.2 Å². The summed E-state index contributed by atoms with van der Waals surface area (Å²) in [5, 5.41) is 3.66. The summed E-state index contributed by atoms with van der Waals surface area (Å²) in [6.45, 7) is 2.00. The number of carbonyl (C=O) groups excluding carboxylic acids is 1. The zero-order valence-corrected chi connectivity index (χ0v) is 14.2. The largest absolute Gasteiger partial charge is 0.326 e. The minimum Gasteiger partial charge on any atom is -0.326 e. The monoisotopic (exact) mass is 365 g/mol. The molecule has 110 valence electrons. The third-order valence-electron chi connectivity index (χ3n) is 3.22. The van der Waals surface area contributed by atoms with E-state index < -0.39 is 0 Å². The van der Waals surface area contributed by atoms with Crippen molar-refractivity contribution in [1.82, 2.24) is 0 Å². The summed E-state index contributed by atoms with van der Waals surface area (Å²) < 4.78 is 1.04. The molecular weight excluding hydrogens is 350 g/mol. The number of aryl methyl sites for hydroxylation is 2. The van der Waals surface area contributed by atoms with Crippen LogP contribution < -0.4 is 5.32 Å². The molecule has 0 saturated carbocycles. The summed E-state index contributed by atoms with van der Waals surface area (Å²) in [6, 6.07) is 13.5. The maximum absolute atomic E-state index is 11.9. The van der Waals surface area contributed by atoms with Gasteiger partial charge in [0.15, 0.2) is 0 Å². The van der Waals surface area contributed by atoms with Gasteiger partial charge in [-0.15, -0.1) is 0 Å². The molecule has 0 saturated heterocycles. The standard InChI is InChI=1S/C17H17BrClNO/c1-12-11-15(9-10-16(12)18)20-17(21)4-2-3-13-5-7-14(19)8-6-13/h5-11H,2-4H2,1H3,(H,20,21). The summed E-state index contributed by atoms with van der Waals surface area (Å²) in [4.78, 5) is 11.9.